The Morgan fingerprint density at radius 1 is 1.40 bits per heavy atom. The fourth-order valence-corrected chi connectivity index (χ4v) is 6.99. The van der Waals surface area contributed by atoms with Crippen molar-refractivity contribution in [1.29, 1.82) is 0 Å². The Labute approximate surface area is 181 Å². The van der Waals surface area contributed by atoms with Gasteiger partial charge in [0.1, 0.15) is 5.60 Å². The van der Waals surface area contributed by atoms with E-state index in [2.05, 4.69) is 17.1 Å². The maximum atomic E-state index is 12.9. The van der Waals surface area contributed by atoms with E-state index in [1.165, 1.54) is 10.4 Å². The highest BCUT2D eigenvalue weighted by atomic mass is 32.1. The number of piperidine rings is 1. The Balaban J connectivity index is 1.17. The molecule has 0 bridgehead atoms. The zero-order valence-corrected chi connectivity index (χ0v) is 18.5. The SMILES string of the molecule is C[C@H]1C[C@@]2(CCN1CC1CC(NC(=O)C3CC3)C1)OCCc1cc(CC(F)F)sc12. The van der Waals surface area contributed by atoms with Crippen LogP contribution in [0.1, 0.15) is 60.8 Å². The summed E-state index contributed by atoms with van der Waals surface area (Å²) in [6.45, 7) is 5.03. The Kier molecular flexibility index (Phi) is 5.65. The van der Waals surface area contributed by atoms with E-state index in [0.29, 0.717) is 30.5 Å². The van der Waals surface area contributed by atoms with Gasteiger partial charge in [0.15, 0.2) is 0 Å². The topological polar surface area (TPSA) is 41.6 Å². The average Bonchev–Trinajstić information content (AvgIpc) is 3.42. The highest BCUT2D eigenvalue weighted by Gasteiger charge is 2.46. The van der Waals surface area contributed by atoms with Crippen molar-refractivity contribution in [2.45, 2.75) is 82.4 Å². The van der Waals surface area contributed by atoms with Crippen molar-refractivity contribution in [2.24, 2.45) is 11.8 Å². The van der Waals surface area contributed by atoms with E-state index in [1.807, 2.05) is 6.07 Å². The van der Waals surface area contributed by atoms with E-state index in [9.17, 15) is 13.6 Å². The number of nitrogens with one attached hydrogen (secondary N) is 1. The average molecular weight is 439 g/mol. The summed E-state index contributed by atoms with van der Waals surface area (Å²) in [5.41, 5.74) is 0.949. The third-order valence-electron chi connectivity index (χ3n) is 7.45. The number of alkyl halides is 2. The third kappa shape index (κ3) is 4.17. The molecular weight excluding hydrogens is 406 g/mol. The third-order valence-corrected chi connectivity index (χ3v) is 8.84. The van der Waals surface area contributed by atoms with Crippen molar-refractivity contribution in [1.82, 2.24) is 10.2 Å². The van der Waals surface area contributed by atoms with Crippen LogP contribution >= 0.6 is 11.3 Å². The van der Waals surface area contributed by atoms with Crippen molar-refractivity contribution in [3.8, 4) is 0 Å². The van der Waals surface area contributed by atoms with Gasteiger partial charge in [-0.25, -0.2) is 8.78 Å². The predicted molar refractivity (Wildman–Crippen MR) is 113 cm³/mol. The van der Waals surface area contributed by atoms with Crippen LogP contribution in [-0.4, -0.2) is 49.0 Å². The van der Waals surface area contributed by atoms with Gasteiger partial charge in [0.25, 0.3) is 0 Å². The quantitative estimate of drug-likeness (QED) is 0.727. The molecular formula is C23H32F2N2O2S. The van der Waals surface area contributed by atoms with E-state index < -0.39 is 6.43 Å². The number of fused-ring (bicyclic) bond motifs is 2. The molecule has 4 aliphatic rings. The monoisotopic (exact) mass is 438 g/mol. The Hall–Kier alpha value is -1.05. The summed E-state index contributed by atoms with van der Waals surface area (Å²) in [5.74, 6) is 1.22. The van der Waals surface area contributed by atoms with E-state index in [-0.39, 0.29) is 17.9 Å². The maximum Gasteiger partial charge on any atom is 0.243 e. The number of hydrogen-bond donors (Lipinski definition) is 1. The zero-order valence-electron chi connectivity index (χ0n) is 17.7. The molecule has 4 nitrogen and oxygen atoms in total. The largest absolute Gasteiger partial charge is 0.369 e. The molecule has 0 aromatic carbocycles. The number of rotatable bonds is 6. The van der Waals surface area contributed by atoms with Crippen molar-refractivity contribution in [2.75, 3.05) is 19.7 Å². The normalized spacial score (nSPS) is 34.1. The lowest BCUT2D eigenvalue weighted by Crippen LogP contribution is -2.54. The van der Waals surface area contributed by atoms with Crippen LogP contribution in [0.15, 0.2) is 6.07 Å². The summed E-state index contributed by atoms with van der Waals surface area (Å²) >= 11 is 1.55. The van der Waals surface area contributed by atoms with Crippen LogP contribution in [0.4, 0.5) is 8.78 Å². The molecule has 0 radical (unpaired) electrons. The molecule has 0 unspecified atom stereocenters. The molecule has 3 heterocycles. The Morgan fingerprint density at radius 2 is 2.20 bits per heavy atom. The minimum atomic E-state index is -2.29. The lowest BCUT2D eigenvalue weighted by atomic mass is 9.77. The standard InChI is InChI=1S/C23H32F2N2O2S/c1-14-12-23(21-17(4-7-29-23)10-19(30-21)11-20(24)25)5-6-27(14)13-15-8-18(9-15)26-22(28)16-2-3-16/h10,14-16,18,20H,2-9,11-13H2,1H3,(H,26,28)/t14-,15?,18?,23+/m0/s1. The Morgan fingerprint density at radius 3 is 2.90 bits per heavy atom. The summed E-state index contributed by atoms with van der Waals surface area (Å²) in [6.07, 6.45) is 4.59. The molecule has 1 spiro atoms. The fraction of sp³-hybridized carbons (Fsp3) is 0.783. The summed E-state index contributed by atoms with van der Waals surface area (Å²) in [7, 11) is 0. The number of hydrogen-bond acceptors (Lipinski definition) is 4. The molecule has 1 amide bonds. The summed E-state index contributed by atoms with van der Waals surface area (Å²) in [6, 6.07) is 2.78. The van der Waals surface area contributed by atoms with Gasteiger partial charge in [-0.3, -0.25) is 4.79 Å². The van der Waals surface area contributed by atoms with Crippen LogP contribution in [0.2, 0.25) is 0 Å². The number of nitrogens with zero attached hydrogens (tertiary/aromatic N) is 1. The molecule has 166 valence electrons. The van der Waals surface area contributed by atoms with Gasteiger partial charge in [0, 0.05) is 47.3 Å². The van der Waals surface area contributed by atoms with Gasteiger partial charge in [-0.15, -0.1) is 11.3 Å². The molecule has 1 aromatic rings. The van der Waals surface area contributed by atoms with Crippen LogP contribution in [0.5, 0.6) is 0 Å². The van der Waals surface area contributed by atoms with Gasteiger partial charge >= 0.3 is 0 Å². The smallest absolute Gasteiger partial charge is 0.243 e. The summed E-state index contributed by atoms with van der Waals surface area (Å²) in [4.78, 5) is 16.5. The van der Waals surface area contributed by atoms with Crippen LogP contribution in [0, 0.1) is 11.8 Å². The summed E-state index contributed by atoms with van der Waals surface area (Å²) in [5, 5.41) is 3.20. The van der Waals surface area contributed by atoms with Gasteiger partial charge in [0.05, 0.1) is 6.61 Å². The van der Waals surface area contributed by atoms with Crippen molar-refractivity contribution in [3.05, 3.63) is 21.4 Å². The number of ether oxygens (including phenoxy) is 1. The van der Waals surface area contributed by atoms with Gasteiger partial charge in [-0.1, -0.05) is 0 Å². The fourth-order valence-electron chi connectivity index (χ4n) is 5.59. The molecule has 2 atom stereocenters. The van der Waals surface area contributed by atoms with Gasteiger partial charge in [-0.2, -0.15) is 0 Å². The molecule has 2 aliphatic carbocycles. The van der Waals surface area contributed by atoms with E-state index >= 15 is 0 Å². The molecule has 3 fully saturated rings. The highest BCUT2D eigenvalue weighted by Crippen LogP contribution is 2.47. The molecule has 1 aromatic heterocycles. The number of carbonyl (C=O) groups excluding carboxylic acids is 1. The predicted octanol–water partition coefficient (Wildman–Crippen LogP) is 4.11. The van der Waals surface area contributed by atoms with Gasteiger partial charge in [0.2, 0.25) is 12.3 Å². The molecule has 5 rings (SSSR count). The number of thiophene rings is 1. The first-order valence-corrected chi connectivity index (χ1v) is 12.3. The molecule has 1 saturated heterocycles. The first-order valence-electron chi connectivity index (χ1n) is 11.5. The highest BCUT2D eigenvalue weighted by molar-refractivity contribution is 7.12. The number of halogens is 2. The second-order valence-corrected chi connectivity index (χ2v) is 11.0. The van der Waals surface area contributed by atoms with E-state index in [4.69, 9.17) is 4.74 Å². The minimum absolute atomic E-state index is 0.143. The van der Waals surface area contributed by atoms with E-state index in [0.717, 1.165) is 62.9 Å². The van der Waals surface area contributed by atoms with Crippen LogP contribution in [0.3, 0.4) is 0 Å². The molecule has 2 aliphatic heterocycles. The minimum Gasteiger partial charge on any atom is -0.369 e. The van der Waals surface area contributed by atoms with Crippen LogP contribution < -0.4 is 5.32 Å². The molecule has 30 heavy (non-hydrogen) atoms. The summed E-state index contributed by atoms with van der Waals surface area (Å²) < 4.78 is 32.1. The maximum absolute atomic E-state index is 12.9. The van der Waals surface area contributed by atoms with Gasteiger partial charge < -0.3 is 15.0 Å². The Bertz CT molecular complexity index is 790. The number of carbonyl (C=O) groups is 1. The number of likely N-dealkylation sites (tertiary alicyclic amines) is 1. The molecule has 7 heteroatoms. The van der Waals surface area contributed by atoms with Crippen LogP contribution in [-0.2, 0) is 28.0 Å². The lowest BCUT2D eigenvalue weighted by Gasteiger charge is -2.49. The molecule has 2 saturated carbocycles. The first-order chi connectivity index (χ1) is 14.4. The van der Waals surface area contributed by atoms with Gasteiger partial charge in [-0.05, 0) is 69.4 Å². The first kappa shape index (κ1) is 20.8. The van der Waals surface area contributed by atoms with Crippen molar-refractivity contribution >= 4 is 17.2 Å². The van der Waals surface area contributed by atoms with E-state index in [1.54, 1.807) is 11.3 Å². The second-order valence-electron chi connectivity index (χ2n) is 9.87. The zero-order chi connectivity index (χ0) is 20.9. The second kappa shape index (κ2) is 8.14. The van der Waals surface area contributed by atoms with Crippen molar-refractivity contribution in [3.63, 3.8) is 0 Å². The molecule has 1 N–H and O–H groups in total. The van der Waals surface area contributed by atoms with Crippen molar-refractivity contribution < 1.29 is 18.3 Å². The lowest BCUT2D eigenvalue weighted by molar-refractivity contribution is -0.124. The number of amides is 1. The van der Waals surface area contributed by atoms with Crippen LogP contribution in [0.25, 0.3) is 0 Å².